The molecule has 1 N–H and O–H groups in total. The van der Waals surface area contributed by atoms with Crippen LogP contribution < -0.4 is 5.32 Å². The Balaban J connectivity index is 1.63. The van der Waals surface area contributed by atoms with Gasteiger partial charge in [0.2, 0.25) is 0 Å². The molecule has 0 radical (unpaired) electrons. The van der Waals surface area contributed by atoms with Crippen molar-refractivity contribution in [1.82, 2.24) is 14.9 Å². The van der Waals surface area contributed by atoms with Crippen molar-refractivity contribution >= 4 is 21.6 Å². The van der Waals surface area contributed by atoms with Gasteiger partial charge >= 0.3 is 0 Å². The van der Waals surface area contributed by atoms with E-state index < -0.39 is 9.84 Å². The van der Waals surface area contributed by atoms with Gasteiger partial charge in [0.1, 0.15) is 11.5 Å². The molecule has 1 atom stereocenters. The van der Waals surface area contributed by atoms with Gasteiger partial charge in [-0.15, -0.1) is 0 Å². The first-order chi connectivity index (χ1) is 10.9. The quantitative estimate of drug-likeness (QED) is 0.883. The summed E-state index contributed by atoms with van der Waals surface area (Å²) < 4.78 is 23.1. The first-order valence-corrected chi connectivity index (χ1v) is 9.83. The molecule has 0 aromatic carbocycles. The Morgan fingerprint density at radius 2 is 1.96 bits per heavy atom. The third-order valence-electron chi connectivity index (χ3n) is 4.65. The van der Waals surface area contributed by atoms with Crippen LogP contribution in [0.1, 0.15) is 42.6 Å². The highest BCUT2D eigenvalue weighted by molar-refractivity contribution is 7.91. The lowest BCUT2D eigenvalue weighted by Crippen LogP contribution is -2.38. The average molecular weight is 338 g/mol. The lowest BCUT2D eigenvalue weighted by atomic mass is 10.2. The van der Waals surface area contributed by atoms with Crippen molar-refractivity contribution in [2.24, 2.45) is 0 Å². The molecule has 1 aromatic rings. The van der Waals surface area contributed by atoms with Crippen LogP contribution in [0.4, 0.5) is 5.82 Å². The number of hydrogen-bond acceptors (Lipinski definition) is 6. The maximum Gasteiger partial charge on any atom is 0.274 e. The lowest BCUT2D eigenvalue weighted by Gasteiger charge is -2.22. The first kappa shape index (κ1) is 16.2. The number of carbonyl (C=O) groups excluding carboxylic acids is 1. The zero-order valence-corrected chi connectivity index (χ0v) is 14.1. The standard InChI is InChI=1S/C15H22N4O3S/c1-19(12-6-7-23(21,22)10-12)15(20)13-8-17-14(9-16-13)18-11-4-2-3-5-11/h8-9,11-12H,2-7,10H2,1H3,(H,17,18). The van der Waals surface area contributed by atoms with Gasteiger partial charge in [0.25, 0.3) is 5.91 Å². The molecule has 1 aliphatic heterocycles. The molecule has 8 heteroatoms. The van der Waals surface area contributed by atoms with Crippen LogP contribution in [0.15, 0.2) is 12.4 Å². The van der Waals surface area contributed by atoms with Gasteiger partial charge in [-0.05, 0) is 19.3 Å². The number of hydrogen-bond donors (Lipinski definition) is 1. The maximum atomic E-state index is 12.4. The SMILES string of the molecule is CN(C(=O)c1cnc(NC2CCCC2)cn1)C1CCS(=O)(=O)C1. The molecule has 1 unspecified atom stereocenters. The normalized spacial score (nSPS) is 23.8. The Morgan fingerprint density at radius 1 is 1.22 bits per heavy atom. The fraction of sp³-hybridized carbons (Fsp3) is 0.667. The van der Waals surface area contributed by atoms with E-state index in [1.165, 1.54) is 23.9 Å². The van der Waals surface area contributed by atoms with E-state index in [0.29, 0.717) is 18.3 Å². The fourth-order valence-electron chi connectivity index (χ4n) is 3.22. The molecular weight excluding hydrogens is 316 g/mol. The van der Waals surface area contributed by atoms with E-state index in [4.69, 9.17) is 0 Å². The third kappa shape index (κ3) is 3.80. The van der Waals surface area contributed by atoms with Crippen molar-refractivity contribution < 1.29 is 13.2 Å². The van der Waals surface area contributed by atoms with E-state index in [0.717, 1.165) is 12.8 Å². The summed E-state index contributed by atoms with van der Waals surface area (Å²) in [5.74, 6) is 0.571. The summed E-state index contributed by atoms with van der Waals surface area (Å²) in [4.78, 5) is 22.3. The second-order valence-electron chi connectivity index (χ2n) is 6.39. The van der Waals surface area contributed by atoms with Crippen molar-refractivity contribution in [2.45, 2.75) is 44.2 Å². The average Bonchev–Trinajstić information content (AvgIpc) is 3.16. The minimum absolute atomic E-state index is 0.0317. The molecule has 1 amide bonds. The molecule has 2 heterocycles. The number of amides is 1. The monoisotopic (exact) mass is 338 g/mol. The van der Waals surface area contributed by atoms with E-state index in [-0.39, 0.29) is 29.1 Å². The van der Waals surface area contributed by atoms with Gasteiger partial charge in [0.15, 0.2) is 9.84 Å². The summed E-state index contributed by atoms with van der Waals surface area (Å²) >= 11 is 0. The lowest BCUT2D eigenvalue weighted by molar-refractivity contribution is 0.0741. The molecule has 7 nitrogen and oxygen atoms in total. The van der Waals surface area contributed by atoms with E-state index in [1.807, 2.05) is 0 Å². The summed E-state index contributed by atoms with van der Waals surface area (Å²) in [7, 11) is -1.39. The smallest absolute Gasteiger partial charge is 0.274 e. The predicted molar refractivity (Wildman–Crippen MR) is 87.1 cm³/mol. The van der Waals surface area contributed by atoms with Crippen molar-refractivity contribution in [3.05, 3.63) is 18.1 Å². The van der Waals surface area contributed by atoms with Crippen LogP contribution in [0.5, 0.6) is 0 Å². The zero-order valence-electron chi connectivity index (χ0n) is 13.2. The second kappa shape index (κ2) is 6.43. The molecule has 0 bridgehead atoms. The molecule has 23 heavy (non-hydrogen) atoms. The van der Waals surface area contributed by atoms with Crippen molar-refractivity contribution in [1.29, 1.82) is 0 Å². The van der Waals surface area contributed by atoms with Gasteiger partial charge in [0.05, 0.1) is 23.9 Å². The van der Waals surface area contributed by atoms with Crippen LogP contribution in [-0.4, -0.2) is 59.8 Å². The van der Waals surface area contributed by atoms with Crippen LogP contribution in [0.25, 0.3) is 0 Å². The molecule has 1 saturated heterocycles. The number of rotatable bonds is 4. The largest absolute Gasteiger partial charge is 0.366 e. The Bertz CT molecular complexity index is 668. The van der Waals surface area contributed by atoms with Gasteiger partial charge in [-0.25, -0.2) is 18.4 Å². The predicted octanol–water partition coefficient (Wildman–Crippen LogP) is 1.09. The molecule has 3 rings (SSSR count). The van der Waals surface area contributed by atoms with E-state index in [1.54, 1.807) is 13.2 Å². The molecule has 1 saturated carbocycles. The van der Waals surface area contributed by atoms with Crippen LogP contribution >= 0.6 is 0 Å². The molecule has 126 valence electrons. The number of anilines is 1. The molecule has 2 fully saturated rings. The third-order valence-corrected chi connectivity index (χ3v) is 6.40. The highest BCUT2D eigenvalue weighted by atomic mass is 32.2. The summed E-state index contributed by atoms with van der Waals surface area (Å²) in [6, 6.07) is 0.169. The minimum atomic E-state index is -3.02. The topological polar surface area (TPSA) is 92.3 Å². The Morgan fingerprint density at radius 3 is 2.52 bits per heavy atom. The fourth-order valence-corrected chi connectivity index (χ4v) is 4.99. The van der Waals surface area contributed by atoms with Crippen molar-refractivity contribution in [2.75, 3.05) is 23.9 Å². The van der Waals surface area contributed by atoms with Gasteiger partial charge in [0, 0.05) is 19.1 Å². The van der Waals surface area contributed by atoms with E-state index >= 15 is 0 Å². The minimum Gasteiger partial charge on any atom is -0.366 e. The number of carbonyl (C=O) groups is 1. The van der Waals surface area contributed by atoms with Gasteiger partial charge in [-0.1, -0.05) is 12.8 Å². The number of nitrogens with one attached hydrogen (secondary N) is 1. The van der Waals surface area contributed by atoms with E-state index in [9.17, 15) is 13.2 Å². The number of sulfone groups is 1. The first-order valence-electron chi connectivity index (χ1n) is 8.01. The Hall–Kier alpha value is -1.70. The molecule has 1 aromatic heterocycles. The molecular formula is C15H22N4O3S. The van der Waals surface area contributed by atoms with Gasteiger partial charge in [-0.2, -0.15) is 0 Å². The zero-order chi connectivity index (χ0) is 16.4. The highest BCUT2D eigenvalue weighted by Gasteiger charge is 2.33. The molecule has 1 aliphatic carbocycles. The van der Waals surface area contributed by atoms with E-state index in [2.05, 4.69) is 15.3 Å². The number of aromatic nitrogens is 2. The highest BCUT2D eigenvalue weighted by Crippen LogP contribution is 2.21. The van der Waals surface area contributed by atoms with Gasteiger partial charge in [-0.3, -0.25) is 4.79 Å². The Labute approximate surface area is 136 Å². The maximum absolute atomic E-state index is 12.4. The van der Waals surface area contributed by atoms with Gasteiger partial charge < -0.3 is 10.2 Å². The van der Waals surface area contributed by atoms with Crippen molar-refractivity contribution in [3.63, 3.8) is 0 Å². The molecule has 2 aliphatic rings. The van der Waals surface area contributed by atoms with Crippen LogP contribution in [0.2, 0.25) is 0 Å². The molecule has 0 spiro atoms. The summed E-state index contributed by atoms with van der Waals surface area (Å²) in [6.45, 7) is 0. The summed E-state index contributed by atoms with van der Waals surface area (Å²) in [5.41, 5.74) is 0.244. The van der Waals surface area contributed by atoms with Crippen LogP contribution in [-0.2, 0) is 9.84 Å². The Kier molecular flexibility index (Phi) is 4.52. The second-order valence-corrected chi connectivity index (χ2v) is 8.61. The van der Waals surface area contributed by atoms with Crippen LogP contribution in [0, 0.1) is 0 Å². The summed E-state index contributed by atoms with van der Waals surface area (Å²) in [6.07, 6.45) is 8.26. The van der Waals surface area contributed by atoms with Crippen LogP contribution in [0.3, 0.4) is 0 Å². The summed E-state index contributed by atoms with van der Waals surface area (Å²) in [5, 5.41) is 3.32. The van der Waals surface area contributed by atoms with Crippen molar-refractivity contribution in [3.8, 4) is 0 Å². The number of nitrogens with zero attached hydrogens (tertiary/aromatic N) is 3.